The molecule has 2 unspecified atom stereocenters. The van der Waals surface area contributed by atoms with Gasteiger partial charge in [0, 0.05) is 25.1 Å². The molecule has 1 amide bonds. The molecular formula is C28H36BrNO6. The van der Waals surface area contributed by atoms with Gasteiger partial charge in [-0.3, -0.25) is 4.79 Å². The van der Waals surface area contributed by atoms with E-state index >= 15 is 0 Å². The molecule has 2 aliphatic heterocycles. The molecule has 8 heteroatoms. The van der Waals surface area contributed by atoms with E-state index < -0.39 is 0 Å². The predicted molar refractivity (Wildman–Crippen MR) is 141 cm³/mol. The van der Waals surface area contributed by atoms with E-state index in [1.165, 1.54) is 0 Å². The molecular weight excluding hydrogens is 526 g/mol. The smallest absolute Gasteiger partial charge is 0.254 e. The zero-order valence-corrected chi connectivity index (χ0v) is 22.7. The van der Waals surface area contributed by atoms with Gasteiger partial charge < -0.3 is 28.6 Å². The van der Waals surface area contributed by atoms with Gasteiger partial charge in [-0.05, 0) is 92.2 Å². The summed E-state index contributed by atoms with van der Waals surface area (Å²) in [5.41, 5.74) is 0.604. The topological polar surface area (TPSA) is 66.5 Å². The van der Waals surface area contributed by atoms with Crippen LogP contribution < -0.4 is 14.2 Å². The first-order chi connectivity index (χ1) is 17.5. The number of ether oxygens (including phenoxy) is 5. The first-order valence-electron chi connectivity index (χ1n) is 12.9. The van der Waals surface area contributed by atoms with Crippen molar-refractivity contribution in [3.63, 3.8) is 0 Å². The first kappa shape index (κ1) is 26.8. The molecule has 196 valence electrons. The largest absolute Gasteiger partial charge is 0.490 e. The van der Waals surface area contributed by atoms with Crippen molar-refractivity contribution in [1.29, 1.82) is 0 Å². The summed E-state index contributed by atoms with van der Waals surface area (Å²) in [4.78, 5) is 15.4. The first-order valence-corrected chi connectivity index (χ1v) is 13.7. The van der Waals surface area contributed by atoms with Crippen LogP contribution in [0.2, 0.25) is 0 Å². The Morgan fingerprint density at radius 3 is 2.72 bits per heavy atom. The number of likely N-dealkylation sites (tertiary alicyclic amines) is 1. The summed E-state index contributed by atoms with van der Waals surface area (Å²) in [6.07, 6.45) is 5.40. The van der Waals surface area contributed by atoms with Crippen molar-refractivity contribution in [3.05, 3.63) is 52.5 Å². The summed E-state index contributed by atoms with van der Waals surface area (Å²) >= 11 is 3.64. The van der Waals surface area contributed by atoms with Gasteiger partial charge in [0.1, 0.15) is 28.3 Å². The predicted octanol–water partition coefficient (Wildman–Crippen LogP) is 6.19. The SMILES string of the molecule is CCOC(C)Oc1cccc(C(=O)N2CCCC[C@H]2COc2cccc(OC3CCCCO3)c2Br)c1. The number of halogens is 1. The minimum atomic E-state index is -0.376. The molecule has 2 fully saturated rings. The van der Waals surface area contributed by atoms with E-state index in [0.717, 1.165) is 49.6 Å². The Morgan fingerprint density at radius 1 is 1.11 bits per heavy atom. The number of hydrogen-bond acceptors (Lipinski definition) is 6. The number of carbonyl (C=O) groups is 1. The average molecular weight is 563 g/mol. The highest BCUT2D eigenvalue weighted by Gasteiger charge is 2.29. The summed E-state index contributed by atoms with van der Waals surface area (Å²) < 4.78 is 30.0. The van der Waals surface area contributed by atoms with Gasteiger partial charge in [0.05, 0.1) is 12.6 Å². The molecule has 0 aliphatic carbocycles. The number of amides is 1. The third kappa shape index (κ3) is 7.14. The van der Waals surface area contributed by atoms with Crippen molar-refractivity contribution in [2.45, 2.75) is 71.0 Å². The summed E-state index contributed by atoms with van der Waals surface area (Å²) in [7, 11) is 0. The van der Waals surface area contributed by atoms with Crippen molar-refractivity contribution in [2.24, 2.45) is 0 Å². The van der Waals surface area contributed by atoms with E-state index in [0.29, 0.717) is 42.6 Å². The van der Waals surface area contributed by atoms with E-state index in [4.69, 9.17) is 23.7 Å². The Morgan fingerprint density at radius 2 is 1.92 bits per heavy atom. The summed E-state index contributed by atoms with van der Waals surface area (Å²) in [5, 5.41) is 0. The van der Waals surface area contributed by atoms with Crippen LogP contribution in [0.25, 0.3) is 0 Å². The number of benzene rings is 2. The van der Waals surface area contributed by atoms with Crippen LogP contribution in [-0.2, 0) is 9.47 Å². The van der Waals surface area contributed by atoms with Crippen LogP contribution in [-0.4, -0.2) is 55.8 Å². The van der Waals surface area contributed by atoms with Gasteiger partial charge in [0.15, 0.2) is 12.6 Å². The lowest BCUT2D eigenvalue weighted by Gasteiger charge is -2.35. The van der Waals surface area contributed by atoms with Crippen LogP contribution in [0.3, 0.4) is 0 Å². The molecule has 2 heterocycles. The number of nitrogens with zero attached hydrogens (tertiary/aromatic N) is 1. The molecule has 2 aromatic rings. The Hall–Kier alpha value is -2.29. The van der Waals surface area contributed by atoms with Gasteiger partial charge in [-0.25, -0.2) is 0 Å². The van der Waals surface area contributed by atoms with Gasteiger partial charge in [-0.15, -0.1) is 0 Å². The second-order valence-electron chi connectivity index (χ2n) is 9.11. The second kappa shape index (κ2) is 13.3. The van der Waals surface area contributed by atoms with Crippen molar-refractivity contribution < 1.29 is 28.5 Å². The highest BCUT2D eigenvalue weighted by molar-refractivity contribution is 9.10. The van der Waals surface area contributed by atoms with Crippen molar-refractivity contribution in [3.8, 4) is 17.2 Å². The maximum absolute atomic E-state index is 13.5. The molecule has 0 radical (unpaired) electrons. The van der Waals surface area contributed by atoms with Crippen LogP contribution in [0.15, 0.2) is 46.9 Å². The van der Waals surface area contributed by atoms with Gasteiger partial charge in [-0.1, -0.05) is 12.1 Å². The van der Waals surface area contributed by atoms with E-state index in [1.54, 1.807) is 6.07 Å². The fourth-order valence-electron chi connectivity index (χ4n) is 4.59. The standard InChI is InChI=1S/C28H36BrNO6/c1-3-32-20(2)35-23-12-8-10-21(18-23)28(31)30-16-6-4-11-22(30)19-34-24-13-9-14-25(27(24)29)36-26-15-5-7-17-33-26/h8-10,12-14,18,20,22,26H,3-7,11,15-17,19H2,1-2H3/t20?,22-,26?/m0/s1. The second-order valence-corrected chi connectivity index (χ2v) is 9.90. The summed E-state index contributed by atoms with van der Waals surface area (Å²) in [5.74, 6) is 2.01. The lowest BCUT2D eigenvalue weighted by Crippen LogP contribution is -2.46. The van der Waals surface area contributed by atoms with Gasteiger partial charge in [0.25, 0.3) is 5.91 Å². The molecule has 2 saturated heterocycles. The summed E-state index contributed by atoms with van der Waals surface area (Å²) in [6.45, 7) is 6.17. The van der Waals surface area contributed by atoms with E-state index in [-0.39, 0.29) is 24.5 Å². The van der Waals surface area contributed by atoms with Crippen LogP contribution in [0.4, 0.5) is 0 Å². The van der Waals surface area contributed by atoms with Crippen LogP contribution >= 0.6 is 15.9 Å². The third-order valence-electron chi connectivity index (χ3n) is 6.43. The van der Waals surface area contributed by atoms with E-state index in [2.05, 4.69) is 15.9 Å². The third-order valence-corrected chi connectivity index (χ3v) is 7.21. The molecule has 0 saturated carbocycles. The molecule has 0 spiro atoms. The lowest BCUT2D eigenvalue weighted by molar-refractivity contribution is -0.106. The fraction of sp³-hybridized carbons (Fsp3) is 0.536. The minimum absolute atomic E-state index is 0.0107. The van der Waals surface area contributed by atoms with Crippen molar-refractivity contribution in [2.75, 3.05) is 26.4 Å². The Labute approximate surface area is 222 Å². The van der Waals surface area contributed by atoms with E-state index in [9.17, 15) is 4.79 Å². The lowest BCUT2D eigenvalue weighted by atomic mass is 10.0. The zero-order valence-electron chi connectivity index (χ0n) is 21.1. The molecule has 2 aromatic carbocycles. The van der Waals surface area contributed by atoms with Crippen LogP contribution in [0.1, 0.15) is 62.7 Å². The van der Waals surface area contributed by atoms with Crippen molar-refractivity contribution in [1.82, 2.24) is 4.90 Å². The highest BCUT2D eigenvalue weighted by Crippen LogP contribution is 2.36. The molecule has 36 heavy (non-hydrogen) atoms. The number of rotatable bonds is 10. The quantitative estimate of drug-likeness (QED) is 0.322. The van der Waals surface area contributed by atoms with Gasteiger partial charge in [-0.2, -0.15) is 0 Å². The number of hydrogen-bond donors (Lipinski definition) is 0. The molecule has 7 nitrogen and oxygen atoms in total. The average Bonchev–Trinajstić information content (AvgIpc) is 2.90. The van der Waals surface area contributed by atoms with E-state index in [1.807, 2.05) is 55.1 Å². The van der Waals surface area contributed by atoms with Crippen LogP contribution in [0, 0.1) is 0 Å². The molecule has 2 aliphatic rings. The van der Waals surface area contributed by atoms with Gasteiger partial charge >= 0.3 is 0 Å². The monoisotopic (exact) mass is 561 g/mol. The normalized spacial score (nSPS) is 21.0. The number of piperidine rings is 1. The highest BCUT2D eigenvalue weighted by atomic mass is 79.9. The van der Waals surface area contributed by atoms with Gasteiger partial charge in [0.2, 0.25) is 0 Å². The molecule has 0 N–H and O–H groups in total. The molecule has 4 rings (SSSR count). The van der Waals surface area contributed by atoms with Crippen molar-refractivity contribution >= 4 is 21.8 Å². The Kier molecular flexibility index (Phi) is 9.90. The zero-order chi connectivity index (χ0) is 25.3. The molecule has 3 atom stereocenters. The maximum atomic E-state index is 13.5. The summed E-state index contributed by atoms with van der Waals surface area (Å²) in [6, 6.07) is 13.0. The Bertz CT molecular complexity index is 996. The molecule has 0 aromatic heterocycles. The minimum Gasteiger partial charge on any atom is -0.490 e. The fourth-order valence-corrected chi connectivity index (χ4v) is 5.07. The number of carbonyl (C=O) groups excluding carboxylic acids is 1. The molecule has 0 bridgehead atoms. The Balaban J connectivity index is 1.40. The van der Waals surface area contributed by atoms with Crippen LogP contribution in [0.5, 0.6) is 17.2 Å². The maximum Gasteiger partial charge on any atom is 0.254 e.